The van der Waals surface area contributed by atoms with Gasteiger partial charge in [0.25, 0.3) is 0 Å². The van der Waals surface area contributed by atoms with Gasteiger partial charge in [-0.1, -0.05) is 242 Å². The minimum atomic E-state index is -4.16. The van der Waals surface area contributed by atoms with Crippen LogP contribution >= 0.6 is 22.7 Å². The normalized spacial score (nSPS) is 14.5. The summed E-state index contributed by atoms with van der Waals surface area (Å²) in [5.74, 6) is -7.15. The number of para-hydroxylation sites is 1. The first kappa shape index (κ1) is 96.3. The van der Waals surface area contributed by atoms with Crippen LogP contribution in [0.1, 0.15) is 260 Å². The Hall–Kier alpha value is -4.74. The SMILES string of the molecule is CC.CC.CC(C)C.CC(C)C.CC(C)c1c(F)c(F)c(S(C)(=O)=O)c(NC2CCCCCCC2)c1F.CC(C)c1c(F)c(F)c(S(C)(=O)=O)c(NC2CCCCCCCCCCC2)c1F.CC(C)c1nnc(S(C)(=O)=O)s1.CS(=O)(=O)c1ccccc1.CS(=O)(=O)c1nc2ccccc2s1. The number of thiazole rings is 1. The maximum absolute atomic E-state index is 15.2. The molecule has 2 aliphatic rings. The van der Waals surface area contributed by atoms with Crippen molar-refractivity contribution < 1.29 is 68.4 Å². The lowest BCUT2D eigenvalue weighted by Gasteiger charge is -2.25. The van der Waals surface area contributed by atoms with Crippen molar-refractivity contribution in [2.75, 3.05) is 41.9 Å². The standard InChI is InChI=1S/C22H34F3NO2S.C18H26F3NO2S.C8H7NO2S2.C7H8O2S.C6H10N2O2S2.2C4H10.2C2H6/c1-15(2)17-18(23)20(25)22(29(3,27)28)21(19(17)24)26-16-13-11-9-7-5-4-6-8-10-12-14-16;1-11(2)13-14(19)16(21)18(25(3,23)24)17(15(13)20)22-12-9-7-5-4-6-8-10-12;1-13(10,11)8-9-6-4-2-3-5-7(6)12-8;1-10(8,9)7-5-3-2-4-6-7;1-4(2)5-7-8-6(11-5)12(3,9)10;2*1-4(2)3;2*1-2/h15-16,26H,4-14H2,1-3H3;11-12,22H,4-10H2,1-3H3;2-5H,1H3;2-6H,1H3;4H,1-3H3;2*4H,1-3H3;2*1-2H3. The first-order chi connectivity index (χ1) is 46.8. The number of hydrogen-bond donors (Lipinski definition) is 2. The van der Waals surface area contributed by atoms with Gasteiger partial charge in [-0.3, -0.25) is 0 Å². The first-order valence-electron chi connectivity index (χ1n) is 35.0. The summed E-state index contributed by atoms with van der Waals surface area (Å²) in [6, 6.07) is 15.4. The summed E-state index contributed by atoms with van der Waals surface area (Å²) in [5.41, 5.74) is -0.917. The van der Waals surface area contributed by atoms with E-state index in [1.165, 1.54) is 43.1 Å². The zero-order valence-electron chi connectivity index (χ0n) is 63.5. The molecule has 0 saturated heterocycles. The van der Waals surface area contributed by atoms with E-state index >= 15 is 4.39 Å². The van der Waals surface area contributed by atoms with E-state index in [1.54, 1.807) is 64.1 Å². The van der Waals surface area contributed by atoms with Crippen LogP contribution in [0.5, 0.6) is 0 Å². The van der Waals surface area contributed by atoms with E-state index in [9.17, 15) is 64.0 Å². The minimum absolute atomic E-state index is 0.103. The largest absolute Gasteiger partial charge is 0.379 e. The lowest BCUT2D eigenvalue weighted by atomic mass is 9.95. The predicted octanol–water partition coefficient (Wildman–Crippen LogP) is 21.1. The van der Waals surface area contributed by atoms with E-state index in [2.05, 4.69) is 67.4 Å². The summed E-state index contributed by atoms with van der Waals surface area (Å²) < 4.78 is 204. The van der Waals surface area contributed by atoms with Gasteiger partial charge in [0.05, 0.1) is 26.5 Å². The second kappa shape index (κ2) is 47.0. The smallest absolute Gasteiger partial charge is 0.232 e. The van der Waals surface area contributed by atoms with E-state index in [-0.39, 0.29) is 26.7 Å². The van der Waals surface area contributed by atoms with Crippen LogP contribution < -0.4 is 10.6 Å². The summed E-state index contributed by atoms with van der Waals surface area (Å²) >= 11 is 2.34. The van der Waals surface area contributed by atoms with Crippen molar-refractivity contribution >= 4 is 93.5 Å². The van der Waals surface area contributed by atoms with Crippen LogP contribution in [-0.4, -0.2) is 101 Å². The van der Waals surface area contributed by atoms with Crippen LogP contribution in [0, 0.1) is 46.7 Å². The molecule has 28 heteroatoms. The third-order valence-corrected chi connectivity index (χ3v) is 23.4. The average Bonchev–Trinajstić information content (AvgIpc) is 1.69. The van der Waals surface area contributed by atoms with E-state index in [1.807, 2.05) is 59.7 Å². The predicted molar refractivity (Wildman–Crippen MR) is 408 cm³/mol. The highest BCUT2D eigenvalue weighted by atomic mass is 32.2. The number of fused-ring (bicyclic) bond motifs is 1. The molecule has 2 heterocycles. The number of nitrogens with one attached hydrogen (secondary N) is 2. The van der Waals surface area contributed by atoms with E-state index < -0.39 is 128 Å². The highest BCUT2D eigenvalue weighted by molar-refractivity contribution is 7.93. The van der Waals surface area contributed by atoms with Gasteiger partial charge >= 0.3 is 0 Å². The third kappa shape index (κ3) is 35.3. The molecule has 0 amide bonds. The van der Waals surface area contributed by atoms with Crippen molar-refractivity contribution in [3.63, 3.8) is 0 Å². The number of halogens is 6. The van der Waals surface area contributed by atoms with Crippen LogP contribution in [0.25, 0.3) is 10.2 Å². The molecule has 578 valence electrons. The van der Waals surface area contributed by atoms with Gasteiger partial charge in [0.15, 0.2) is 64.4 Å². The molecule has 2 N–H and O–H groups in total. The molecule has 2 aliphatic carbocycles. The molecule has 15 nitrogen and oxygen atoms in total. The number of benzene rings is 4. The fraction of sp³-hybridized carbons (Fsp3) is 0.630. The van der Waals surface area contributed by atoms with Gasteiger partial charge in [-0.25, -0.2) is 73.4 Å². The topological polar surface area (TPSA) is 233 Å². The summed E-state index contributed by atoms with van der Waals surface area (Å²) in [4.78, 5) is 2.58. The van der Waals surface area contributed by atoms with Crippen LogP contribution in [0.3, 0.4) is 0 Å². The molecule has 8 rings (SSSR count). The molecule has 0 radical (unpaired) electrons. The van der Waals surface area contributed by atoms with Gasteiger partial charge in [0, 0.05) is 60.4 Å². The Labute approximate surface area is 611 Å². The monoisotopic (exact) mass is 1560 g/mol. The molecule has 0 aliphatic heterocycles. The molecular formula is C73H117F6N5O10S7. The first-order valence-corrected chi connectivity index (χ1v) is 46.1. The van der Waals surface area contributed by atoms with Gasteiger partial charge in [0.2, 0.25) is 28.4 Å². The number of anilines is 2. The zero-order valence-corrected chi connectivity index (χ0v) is 69.2. The van der Waals surface area contributed by atoms with E-state index in [0.717, 1.165) is 153 Å². The van der Waals surface area contributed by atoms with E-state index in [0.29, 0.717) is 4.90 Å². The van der Waals surface area contributed by atoms with Gasteiger partial charge in [-0.2, -0.15) is 0 Å². The fourth-order valence-electron chi connectivity index (χ4n) is 9.88. The Morgan fingerprint density at radius 2 is 0.693 bits per heavy atom. The molecule has 4 aromatic carbocycles. The zero-order chi connectivity index (χ0) is 78.0. The van der Waals surface area contributed by atoms with Crippen LogP contribution in [-0.2, 0) is 49.2 Å². The van der Waals surface area contributed by atoms with Gasteiger partial charge in [-0.05, 0) is 73.6 Å². The van der Waals surface area contributed by atoms with Gasteiger partial charge < -0.3 is 10.6 Å². The maximum atomic E-state index is 15.2. The summed E-state index contributed by atoms with van der Waals surface area (Å²) in [6.45, 7) is 31.1. The molecule has 0 bridgehead atoms. The summed E-state index contributed by atoms with van der Waals surface area (Å²) in [5, 5.41) is 14.0. The lowest BCUT2D eigenvalue weighted by molar-refractivity contribution is 0.446. The van der Waals surface area contributed by atoms with Crippen molar-refractivity contribution in [3.05, 3.63) is 106 Å². The highest BCUT2D eigenvalue weighted by Crippen LogP contribution is 2.39. The second-order valence-electron chi connectivity index (χ2n) is 26.9. The van der Waals surface area contributed by atoms with Gasteiger partial charge in [-0.15, -0.1) is 21.5 Å². The molecule has 101 heavy (non-hydrogen) atoms. The quantitative estimate of drug-likeness (QED) is 0.0856. The van der Waals surface area contributed by atoms with E-state index in [4.69, 9.17) is 0 Å². The number of sulfone groups is 5. The summed E-state index contributed by atoms with van der Waals surface area (Å²) in [7, 11) is -17.6. The lowest BCUT2D eigenvalue weighted by Crippen LogP contribution is -2.24. The molecule has 6 aromatic rings. The Morgan fingerprint density at radius 3 is 0.950 bits per heavy atom. The van der Waals surface area contributed by atoms with Crippen LogP contribution in [0.15, 0.2) is 78.0 Å². The molecule has 0 atom stereocenters. The average molecular weight is 1560 g/mol. The number of nitrogens with zero attached hydrogens (tertiary/aromatic N) is 3. The Bertz CT molecular complexity index is 3940. The minimum Gasteiger partial charge on any atom is -0.379 e. The number of hydrogen-bond acceptors (Lipinski definition) is 17. The van der Waals surface area contributed by atoms with Gasteiger partial charge in [0.1, 0.15) is 14.8 Å². The Morgan fingerprint density at radius 1 is 0.376 bits per heavy atom. The maximum Gasteiger partial charge on any atom is 0.232 e. The van der Waals surface area contributed by atoms with Crippen molar-refractivity contribution in [2.45, 2.75) is 280 Å². The third-order valence-electron chi connectivity index (χ3n) is 14.4. The molecule has 0 unspecified atom stereocenters. The Kier molecular flexibility index (Phi) is 44.8. The molecule has 0 spiro atoms. The summed E-state index contributed by atoms with van der Waals surface area (Å²) in [6.07, 6.45) is 23.2. The molecule has 2 fully saturated rings. The Balaban J connectivity index is 0.00000124. The number of rotatable bonds is 12. The fourth-order valence-corrected chi connectivity index (χ4v) is 15.9. The second-order valence-corrected chi connectivity index (χ2v) is 39.2. The van der Waals surface area contributed by atoms with Crippen molar-refractivity contribution in [3.8, 4) is 0 Å². The highest BCUT2D eigenvalue weighted by Gasteiger charge is 2.34. The molecule has 2 aromatic heterocycles. The van der Waals surface area contributed by atoms with Crippen molar-refractivity contribution in [1.82, 2.24) is 15.2 Å². The van der Waals surface area contributed by atoms with Crippen LogP contribution in [0.2, 0.25) is 0 Å². The van der Waals surface area contributed by atoms with Crippen LogP contribution in [0.4, 0.5) is 37.7 Å². The van der Waals surface area contributed by atoms with Crippen molar-refractivity contribution in [1.29, 1.82) is 0 Å². The molecular weight excluding hydrogens is 1450 g/mol. The van der Waals surface area contributed by atoms with Crippen molar-refractivity contribution in [2.24, 2.45) is 11.8 Å². The number of aromatic nitrogens is 3. The molecule has 2 saturated carbocycles.